The third kappa shape index (κ3) is 2.69. The van der Waals surface area contributed by atoms with Crippen molar-refractivity contribution in [2.75, 3.05) is 0 Å². The van der Waals surface area contributed by atoms with Gasteiger partial charge in [0, 0.05) is 16.1 Å². The molecule has 0 aromatic heterocycles. The van der Waals surface area contributed by atoms with Crippen LogP contribution in [0.4, 0.5) is 18.9 Å². The molecule has 0 aliphatic heterocycles. The zero-order valence-corrected chi connectivity index (χ0v) is 9.11. The Labute approximate surface area is 91.8 Å². The second-order valence-electron chi connectivity index (χ2n) is 2.93. The Balaban J connectivity index is 3.36. The molecule has 0 bridgehead atoms. The number of benzene rings is 1. The normalized spacial score (nSPS) is 14.1. The van der Waals surface area contributed by atoms with E-state index in [9.17, 15) is 18.4 Å². The zero-order valence-electron chi connectivity index (χ0n) is 7.52. The monoisotopic (exact) mass is 285 g/mol. The summed E-state index contributed by atoms with van der Waals surface area (Å²) in [5.74, 6) is 0. The first kappa shape index (κ1) is 12.4. The van der Waals surface area contributed by atoms with E-state index >= 15 is 0 Å². The lowest BCUT2D eigenvalue weighted by molar-refractivity contribution is -0.991. The molecule has 0 amide bonds. The Morgan fingerprint density at radius 2 is 1.93 bits per heavy atom. The van der Waals surface area contributed by atoms with Gasteiger partial charge in [0.2, 0.25) is 0 Å². The first-order chi connectivity index (χ1) is 6.73. The first-order valence-electron chi connectivity index (χ1n) is 3.84. The molecule has 2 N–H and O–H groups in total. The third-order valence-corrected chi connectivity index (χ3v) is 2.73. The van der Waals surface area contributed by atoms with Gasteiger partial charge in [0.05, 0.1) is 5.56 Å². The number of hydrogen-bond donors (Lipinski definition) is 2. The molecule has 15 heavy (non-hydrogen) atoms. The van der Waals surface area contributed by atoms with Gasteiger partial charge < -0.3 is 5.21 Å². The molecule has 0 saturated carbocycles. The molecule has 0 aliphatic rings. The van der Waals surface area contributed by atoms with Crippen molar-refractivity contribution in [1.29, 1.82) is 0 Å². The summed E-state index contributed by atoms with van der Waals surface area (Å²) >= 11 is 2.89. The highest BCUT2D eigenvalue weighted by molar-refractivity contribution is 9.10. The Morgan fingerprint density at radius 3 is 2.33 bits per heavy atom. The van der Waals surface area contributed by atoms with Crippen LogP contribution in [0.15, 0.2) is 16.6 Å². The summed E-state index contributed by atoms with van der Waals surface area (Å²) in [6.07, 6.45) is -4.54. The molecule has 7 heteroatoms. The van der Waals surface area contributed by atoms with E-state index in [0.29, 0.717) is 6.07 Å². The number of hydrogen-bond acceptors (Lipinski definition) is 2. The molecule has 0 aliphatic carbocycles. The maximum atomic E-state index is 12.3. The van der Waals surface area contributed by atoms with E-state index in [0.717, 1.165) is 6.07 Å². The molecule has 1 rings (SSSR count). The minimum absolute atomic E-state index is 0.134. The number of rotatable bonds is 1. The van der Waals surface area contributed by atoms with Crippen molar-refractivity contribution in [2.24, 2.45) is 0 Å². The van der Waals surface area contributed by atoms with Crippen molar-refractivity contribution in [3.63, 3.8) is 0 Å². The van der Waals surface area contributed by atoms with E-state index < -0.39 is 17.0 Å². The van der Waals surface area contributed by atoms with Crippen LogP contribution in [0.5, 0.6) is 0 Å². The van der Waals surface area contributed by atoms with Crippen molar-refractivity contribution in [3.05, 3.63) is 32.9 Å². The molecule has 0 heterocycles. The lowest BCUT2D eigenvalue weighted by Gasteiger charge is -2.17. The molecule has 0 saturated heterocycles. The van der Waals surface area contributed by atoms with E-state index in [1.54, 1.807) is 0 Å². The zero-order chi connectivity index (χ0) is 11.8. The van der Waals surface area contributed by atoms with Gasteiger partial charge in [0.1, 0.15) is 0 Å². The number of alkyl halides is 3. The van der Waals surface area contributed by atoms with E-state index in [2.05, 4.69) is 15.9 Å². The fraction of sp³-hybridized carbons (Fsp3) is 0.250. The average Bonchev–Trinajstić information content (AvgIpc) is 2.06. The third-order valence-electron chi connectivity index (χ3n) is 1.90. The van der Waals surface area contributed by atoms with Crippen molar-refractivity contribution >= 4 is 21.6 Å². The van der Waals surface area contributed by atoms with Gasteiger partial charge >= 0.3 is 6.18 Å². The quantitative estimate of drug-likeness (QED) is 0.777. The van der Waals surface area contributed by atoms with Gasteiger partial charge in [-0.1, -0.05) is 15.9 Å². The van der Waals surface area contributed by atoms with Crippen LogP contribution in [0.1, 0.15) is 11.1 Å². The highest BCUT2D eigenvalue weighted by Gasteiger charge is 2.32. The number of halogens is 4. The Morgan fingerprint density at radius 1 is 1.40 bits per heavy atom. The summed E-state index contributed by atoms with van der Waals surface area (Å²) in [5, 5.41) is 18.0. The number of nitrogens with one attached hydrogen (secondary N) is 1. The second-order valence-corrected chi connectivity index (χ2v) is 3.79. The van der Waals surface area contributed by atoms with Crippen LogP contribution in [0, 0.1) is 12.1 Å². The molecule has 1 unspecified atom stereocenters. The summed E-state index contributed by atoms with van der Waals surface area (Å²) in [5.41, 5.74) is -1.05. The highest BCUT2D eigenvalue weighted by Crippen LogP contribution is 2.34. The Kier molecular flexibility index (Phi) is 3.39. The molecule has 1 aromatic rings. The van der Waals surface area contributed by atoms with Crippen LogP contribution in [0.25, 0.3) is 0 Å². The van der Waals surface area contributed by atoms with Crippen LogP contribution in [-0.4, -0.2) is 5.21 Å². The lowest BCUT2D eigenvalue weighted by atomic mass is 10.1. The predicted octanol–water partition coefficient (Wildman–Crippen LogP) is 2.18. The van der Waals surface area contributed by atoms with Crippen molar-refractivity contribution in [3.8, 4) is 0 Å². The molecule has 84 valence electrons. The van der Waals surface area contributed by atoms with Crippen LogP contribution in [0.2, 0.25) is 0 Å². The van der Waals surface area contributed by atoms with Crippen LogP contribution >= 0.6 is 15.9 Å². The van der Waals surface area contributed by atoms with Gasteiger partial charge in [-0.05, 0) is 13.0 Å². The predicted molar refractivity (Wildman–Crippen MR) is 49.7 cm³/mol. The summed E-state index contributed by atoms with van der Waals surface area (Å²) in [6.45, 7) is 1.44. The molecular weight excluding hydrogens is 279 g/mol. The van der Waals surface area contributed by atoms with Crippen molar-refractivity contribution in [1.82, 2.24) is 0 Å². The minimum Gasteiger partial charge on any atom is -0.595 e. The summed E-state index contributed by atoms with van der Waals surface area (Å²) < 4.78 is 37.1. The summed E-state index contributed by atoms with van der Waals surface area (Å²) in [7, 11) is 0. The minimum atomic E-state index is -4.54. The smallest absolute Gasteiger partial charge is 0.416 e. The van der Waals surface area contributed by atoms with Gasteiger partial charge in [-0.3, -0.25) is 0 Å². The molecule has 3 nitrogen and oxygen atoms in total. The molecular formula is C8H7BrF3NO2. The van der Waals surface area contributed by atoms with E-state index in [1.807, 2.05) is 0 Å². The lowest BCUT2D eigenvalue weighted by Crippen LogP contribution is -2.99. The first-order valence-corrected chi connectivity index (χ1v) is 4.63. The topological polar surface area (TPSA) is 47.7 Å². The maximum absolute atomic E-state index is 12.3. The standard InChI is InChI=1S/C8H7BrF3NO2/c1-4-6(9)2-5(8(10,11)12)3-7(4)13(14)15/h2-3,13-14H,1H3. The SMILES string of the molecule is Cc1c(Br)cc(C(F)(F)F)cc1[NH+]([O-])O. The van der Waals surface area contributed by atoms with Gasteiger partial charge in [-0.2, -0.15) is 18.4 Å². The van der Waals surface area contributed by atoms with Gasteiger partial charge in [-0.15, -0.1) is 0 Å². The van der Waals surface area contributed by atoms with Crippen LogP contribution < -0.4 is 5.23 Å². The van der Waals surface area contributed by atoms with E-state index in [4.69, 9.17) is 5.21 Å². The van der Waals surface area contributed by atoms with Crippen LogP contribution in [0.3, 0.4) is 0 Å². The summed E-state index contributed by atoms with van der Waals surface area (Å²) in [6, 6.07) is 1.49. The molecule has 0 spiro atoms. The molecule has 1 atom stereocenters. The number of quaternary nitrogens is 1. The highest BCUT2D eigenvalue weighted by atomic mass is 79.9. The fourth-order valence-electron chi connectivity index (χ4n) is 1.06. The van der Waals surface area contributed by atoms with Crippen molar-refractivity contribution in [2.45, 2.75) is 13.1 Å². The average molecular weight is 286 g/mol. The Hall–Kier alpha value is -0.630. The van der Waals surface area contributed by atoms with Gasteiger partial charge in [0.25, 0.3) is 0 Å². The van der Waals surface area contributed by atoms with Gasteiger partial charge in [0.15, 0.2) is 5.69 Å². The molecule has 0 fully saturated rings. The molecule has 0 radical (unpaired) electrons. The van der Waals surface area contributed by atoms with E-state index in [1.165, 1.54) is 6.92 Å². The van der Waals surface area contributed by atoms with E-state index in [-0.39, 0.29) is 15.7 Å². The largest absolute Gasteiger partial charge is 0.595 e. The van der Waals surface area contributed by atoms with Crippen LogP contribution in [-0.2, 0) is 6.18 Å². The summed E-state index contributed by atoms with van der Waals surface area (Å²) in [4.78, 5) is 0. The fourth-order valence-corrected chi connectivity index (χ4v) is 1.52. The Bertz CT molecular complexity index is 379. The van der Waals surface area contributed by atoms with Gasteiger partial charge in [-0.25, -0.2) is 5.21 Å². The maximum Gasteiger partial charge on any atom is 0.416 e. The van der Waals surface area contributed by atoms with Crippen molar-refractivity contribution < 1.29 is 23.6 Å². The molecule has 1 aromatic carbocycles. The second kappa shape index (κ2) is 4.09.